The lowest BCUT2D eigenvalue weighted by molar-refractivity contribution is -0.140. The first-order chi connectivity index (χ1) is 8.37. The normalized spacial score (nSPS) is 21.3. The predicted octanol–water partition coefficient (Wildman–Crippen LogP) is 1.27. The third kappa shape index (κ3) is 3.22. The minimum atomic E-state index is -0.858. The van der Waals surface area contributed by atoms with E-state index >= 15 is 0 Å². The molecule has 0 aliphatic heterocycles. The second-order valence-electron chi connectivity index (χ2n) is 5.63. The van der Waals surface area contributed by atoms with Crippen LogP contribution < -0.4 is 11.1 Å². The first kappa shape index (κ1) is 15.0. The Morgan fingerprint density at radius 1 is 1.39 bits per heavy atom. The molecule has 104 valence electrons. The Kier molecular flexibility index (Phi) is 4.73. The Hall–Kier alpha value is -1.10. The van der Waals surface area contributed by atoms with Crippen LogP contribution in [0.3, 0.4) is 0 Å². The standard InChI is InChI=1S/C13H24N2O3/c1-3-12(2,9-14)11(18)15-13(8-10(16)17)6-4-5-7-13/h3-9,14H2,1-2H3,(H,15,18)(H,16,17). The van der Waals surface area contributed by atoms with E-state index in [0.717, 1.165) is 25.7 Å². The molecule has 1 rings (SSSR count). The molecule has 1 aliphatic carbocycles. The Balaban J connectivity index is 2.78. The summed E-state index contributed by atoms with van der Waals surface area (Å²) in [4.78, 5) is 23.2. The van der Waals surface area contributed by atoms with Crippen LogP contribution in [0, 0.1) is 5.41 Å². The summed E-state index contributed by atoms with van der Waals surface area (Å²) >= 11 is 0. The summed E-state index contributed by atoms with van der Waals surface area (Å²) in [7, 11) is 0. The summed E-state index contributed by atoms with van der Waals surface area (Å²) in [5.41, 5.74) is 4.50. The van der Waals surface area contributed by atoms with Crippen molar-refractivity contribution in [3.63, 3.8) is 0 Å². The Morgan fingerprint density at radius 3 is 2.33 bits per heavy atom. The van der Waals surface area contributed by atoms with Gasteiger partial charge in [0.15, 0.2) is 0 Å². The third-order valence-corrected chi connectivity index (χ3v) is 4.21. The number of carboxylic acid groups (broad SMARTS) is 1. The molecule has 1 aliphatic rings. The van der Waals surface area contributed by atoms with Crippen LogP contribution in [0.5, 0.6) is 0 Å². The molecule has 1 amide bonds. The van der Waals surface area contributed by atoms with E-state index in [-0.39, 0.29) is 18.9 Å². The van der Waals surface area contributed by atoms with Crippen molar-refractivity contribution in [2.45, 2.75) is 57.9 Å². The van der Waals surface area contributed by atoms with Gasteiger partial charge in [-0.05, 0) is 26.2 Å². The molecule has 1 saturated carbocycles. The zero-order valence-electron chi connectivity index (χ0n) is 11.3. The lowest BCUT2D eigenvalue weighted by Gasteiger charge is -2.34. The van der Waals surface area contributed by atoms with Gasteiger partial charge in [-0.1, -0.05) is 19.8 Å². The fourth-order valence-electron chi connectivity index (χ4n) is 2.48. The summed E-state index contributed by atoms with van der Waals surface area (Å²) < 4.78 is 0. The summed E-state index contributed by atoms with van der Waals surface area (Å²) in [5, 5.41) is 12.0. The Morgan fingerprint density at radius 2 is 1.94 bits per heavy atom. The van der Waals surface area contributed by atoms with Crippen LogP contribution in [0.1, 0.15) is 52.4 Å². The highest BCUT2D eigenvalue weighted by Gasteiger charge is 2.41. The van der Waals surface area contributed by atoms with Gasteiger partial charge in [-0.15, -0.1) is 0 Å². The number of rotatable bonds is 6. The number of aliphatic carboxylic acids is 1. The Labute approximate surface area is 108 Å². The first-order valence-electron chi connectivity index (χ1n) is 6.62. The maximum atomic E-state index is 12.3. The van der Waals surface area contributed by atoms with Gasteiger partial charge in [0.1, 0.15) is 0 Å². The van der Waals surface area contributed by atoms with Gasteiger partial charge in [0.25, 0.3) is 0 Å². The van der Waals surface area contributed by atoms with Gasteiger partial charge in [0.05, 0.1) is 17.4 Å². The van der Waals surface area contributed by atoms with Gasteiger partial charge in [0, 0.05) is 6.54 Å². The average Bonchev–Trinajstić information content (AvgIpc) is 2.75. The highest BCUT2D eigenvalue weighted by Crippen LogP contribution is 2.34. The number of hydrogen-bond donors (Lipinski definition) is 3. The van der Waals surface area contributed by atoms with Crippen LogP contribution in [0.15, 0.2) is 0 Å². The highest BCUT2D eigenvalue weighted by molar-refractivity contribution is 5.84. The number of carboxylic acids is 1. The van der Waals surface area contributed by atoms with Gasteiger partial charge in [-0.3, -0.25) is 9.59 Å². The number of carbonyl (C=O) groups excluding carboxylic acids is 1. The molecule has 1 unspecified atom stereocenters. The number of hydrogen-bond acceptors (Lipinski definition) is 3. The number of amides is 1. The van der Waals surface area contributed by atoms with Gasteiger partial charge in [-0.25, -0.2) is 0 Å². The number of nitrogens with one attached hydrogen (secondary N) is 1. The van der Waals surface area contributed by atoms with Crippen molar-refractivity contribution in [2.24, 2.45) is 11.1 Å². The smallest absolute Gasteiger partial charge is 0.305 e. The maximum Gasteiger partial charge on any atom is 0.305 e. The first-order valence-corrected chi connectivity index (χ1v) is 6.62. The minimum Gasteiger partial charge on any atom is -0.481 e. The molecule has 0 aromatic heterocycles. The summed E-state index contributed by atoms with van der Waals surface area (Å²) in [6.07, 6.45) is 4.09. The second-order valence-corrected chi connectivity index (χ2v) is 5.63. The molecule has 0 heterocycles. The van der Waals surface area contributed by atoms with E-state index in [1.165, 1.54) is 0 Å². The molecule has 0 aromatic rings. The van der Waals surface area contributed by atoms with E-state index in [2.05, 4.69) is 5.32 Å². The minimum absolute atomic E-state index is 0.00308. The largest absolute Gasteiger partial charge is 0.481 e. The molecular formula is C13H24N2O3. The molecule has 4 N–H and O–H groups in total. The molecule has 0 spiro atoms. The third-order valence-electron chi connectivity index (χ3n) is 4.21. The quantitative estimate of drug-likeness (QED) is 0.667. The summed E-state index contributed by atoms with van der Waals surface area (Å²) in [6, 6.07) is 0. The van der Waals surface area contributed by atoms with Crippen LogP contribution in [-0.2, 0) is 9.59 Å². The Bertz CT molecular complexity index is 318. The van der Waals surface area contributed by atoms with Crippen molar-refractivity contribution in [3.8, 4) is 0 Å². The number of nitrogens with two attached hydrogens (primary N) is 1. The van der Waals surface area contributed by atoms with Crippen LogP contribution >= 0.6 is 0 Å². The van der Waals surface area contributed by atoms with Gasteiger partial charge in [-0.2, -0.15) is 0 Å². The van der Waals surface area contributed by atoms with Crippen LogP contribution in [0.4, 0.5) is 0 Å². The van der Waals surface area contributed by atoms with Gasteiger partial charge < -0.3 is 16.2 Å². The van der Waals surface area contributed by atoms with Crippen molar-refractivity contribution < 1.29 is 14.7 Å². The van der Waals surface area contributed by atoms with E-state index in [9.17, 15) is 9.59 Å². The van der Waals surface area contributed by atoms with Crippen molar-refractivity contribution in [3.05, 3.63) is 0 Å². The van der Waals surface area contributed by atoms with Crippen LogP contribution in [0.25, 0.3) is 0 Å². The molecule has 0 aromatic carbocycles. The topological polar surface area (TPSA) is 92.4 Å². The summed E-state index contributed by atoms with van der Waals surface area (Å²) in [5.74, 6) is -0.973. The maximum absolute atomic E-state index is 12.3. The molecule has 1 atom stereocenters. The van der Waals surface area contributed by atoms with Crippen molar-refractivity contribution in [2.75, 3.05) is 6.54 Å². The van der Waals surface area contributed by atoms with Gasteiger partial charge >= 0.3 is 5.97 Å². The van der Waals surface area contributed by atoms with Crippen molar-refractivity contribution >= 4 is 11.9 Å². The second kappa shape index (κ2) is 5.69. The number of carbonyl (C=O) groups is 2. The van der Waals surface area contributed by atoms with E-state index in [0.29, 0.717) is 6.42 Å². The van der Waals surface area contributed by atoms with E-state index in [4.69, 9.17) is 10.8 Å². The van der Waals surface area contributed by atoms with Crippen LogP contribution in [0.2, 0.25) is 0 Å². The molecule has 5 nitrogen and oxygen atoms in total. The van der Waals surface area contributed by atoms with Crippen molar-refractivity contribution in [1.82, 2.24) is 5.32 Å². The SMILES string of the molecule is CCC(C)(CN)C(=O)NC1(CC(=O)O)CCCC1. The highest BCUT2D eigenvalue weighted by atomic mass is 16.4. The molecule has 0 radical (unpaired) electrons. The summed E-state index contributed by atoms with van der Waals surface area (Å²) in [6.45, 7) is 4.02. The molecule has 0 bridgehead atoms. The van der Waals surface area contributed by atoms with E-state index < -0.39 is 16.9 Å². The molecule has 1 fully saturated rings. The molecule has 0 saturated heterocycles. The molecule has 5 heteroatoms. The lowest BCUT2D eigenvalue weighted by atomic mass is 9.84. The zero-order valence-corrected chi connectivity index (χ0v) is 11.3. The van der Waals surface area contributed by atoms with E-state index in [1.54, 1.807) is 0 Å². The van der Waals surface area contributed by atoms with Crippen molar-refractivity contribution in [1.29, 1.82) is 0 Å². The molecule has 18 heavy (non-hydrogen) atoms. The average molecular weight is 256 g/mol. The fourth-order valence-corrected chi connectivity index (χ4v) is 2.48. The van der Waals surface area contributed by atoms with E-state index in [1.807, 2.05) is 13.8 Å². The molecular weight excluding hydrogens is 232 g/mol. The van der Waals surface area contributed by atoms with Crippen LogP contribution in [-0.4, -0.2) is 29.1 Å². The lowest BCUT2D eigenvalue weighted by Crippen LogP contribution is -2.54. The fraction of sp³-hybridized carbons (Fsp3) is 0.846. The zero-order chi connectivity index (χ0) is 13.8. The predicted molar refractivity (Wildman–Crippen MR) is 69.0 cm³/mol. The van der Waals surface area contributed by atoms with Gasteiger partial charge in [0.2, 0.25) is 5.91 Å². The monoisotopic (exact) mass is 256 g/mol.